The van der Waals surface area contributed by atoms with Gasteiger partial charge in [0.2, 0.25) is 0 Å². The minimum absolute atomic E-state index is 0.301. The number of benzene rings is 3. The molecule has 3 aromatic carbocycles. The molecule has 0 aliphatic carbocycles. The molecule has 0 aliphatic heterocycles. The van der Waals surface area contributed by atoms with Crippen molar-refractivity contribution in [3.63, 3.8) is 0 Å². The standard InChI is InChI=1S/C18H13BrO/c19-14-7-5-6-13(12-14)15-8-1-2-9-16(15)17-10-3-4-11-18(17)20/h1-12,20H. The van der Waals surface area contributed by atoms with E-state index >= 15 is 0 Å². The van der Waals surface area contributed by atoms with Gasteiger partial charge in [0.15, 0.2) is 0 Å². The van der Waals surface area contributed by atoms with Crippen LogP contribution < -0.4 is 0 Å². The topological polar surface area (TPSA) is 20.2 Å². The average Bonchev–Trinajstić information content (AvgIpc) is 2.48. The first-order valence-electron chi connectivity index (χ1n) is 6.39. The van der Waals surface area contributed by atoms with Crippen LogP contribution in [0.3, 0.4) is 0 Å². The molecule has 0 saturated carbocycles. The van der Waals surface area contributed by atoms with Gasteiger partial charge in [0, 0.05) is 10.0 Å². The van der Waals surface area contributed by atoms with E-state index in [1.54, 1.807) is 6.07 Å². The van der Waals surface area contributed by atoms with E-state index in [1.165, 1.54) is 0 Å². The first-order chi connectivity index (χ1) is 9.75. The second-order valence-electron chi connectivity index (χ2n) is 4.57. The molecule has 1 N–H and O–H groups in total. The Kier molecular flexibility index (Phi) is 3.57. The van der Waals surface area contributed by atoms with Gasteiger partial charge in [-0.25, -0.2) is 0 Å². The summed E-state index contributed by atoms with van der Waals surface area (Å²) >= 11 is 3.51. The molecule has 0 aromatic heterocycles. The molecule has 0 heterocycles. The highest BCUT2D eigenvalue weighted by Crippen LogP contribution is 2.36. The lowest BCUT2D eigenvalue weighted by molar-refractivity contribution is 0.477. The van der Waals surface area contributed by atoms with Crippen molar-refractivity contribution in [3.8, 4) is 28.0 Å². The minimum Gasteiger partial charge on any atom is -0.507 e. The highest BCUT2D eigenvalue weighted by atomic mass is 79.9. The van der Waals surface area contributed by atoms with Gasteiger partial charge in [0.25, 0.3) is 0 Å². The van der Waals surface area contributed by atoms with E-state index in [0.29, 0.717) is 5.75 Å². The van der Waals surface area contributed by atoms with Gasteiger partial charge in [0.1, 0.15) is 5.75 Å². The van der Waals surface area contributed by atoms with Crippen molar-refractivity contribution in [3.05, 3.63) is 77.3 Å². The lowest BCUT2D eigenvalue weighted by Gasteiger charge is -2.11. The Labute approximate surface area is 126 Å². The zero-order valence-corrected chi connectivity index (χ0v) is 12.3. The normalized spacial score (nSPS) is 10.4. The number of para-hydroxylation sites is 1. The fourth-order valence-corrected chi connectivity index (χ4v) is 2.73. The Hall–Kier alpha value is -2.06. The predicted octanol–water partition coefficient (Wildman–Crippen LogP) is 5.49. The van der Waals surface area contributed by atoms with Crippen molar-refractivity contribution in [2.75, 3.05) is 0 Å². The molecule has 0 saturated heterocycles. The number of halogens is 1. The third-order valence-electron chi connectivity index (χ3n) is 3.26. The molecule has 3 aromatic rings. The van der Waals surface area contributed by atoms with Gasteiger partial charge in [-0.2, -0.15) is 0 Å². The van der Waals surface area contributed by atoms with Crippen LogP contribution in [0.5, 0.6) is 5.75 Å². The fraction of sp³-hybridized carbons (Fsp3) is 0. The van der Waals surface area contributed by atoms with Crippen molar-refractivity contribution in [2.24, 2.45) is 0 Å². The first-order valence-corrected chi connectivity index (χ1v) is 7.18. The Balaban J connectivity index is 2.22. The van der Waals surface area contributed by atoms with Crippen LogP contribution in [-0.4, -0.2) is 5.11 Å². The van der Waals surface area contributed by atoms with Crippen LogP contribution in [0.4, 0.5) is 0 Å². The van der Waals surface area contributed by atoms with Gasteiger partial charge in [0.05, 0.1) is 0 Å². The number of rotatable bonds is 2. The number of hydrogen-bond acceptors (Lipinski definition) is 1. The van der Waals surface area contributed by atoms with Gasteiger partial charge in [-0.05, 0) is 34.9 Å². The van der Waals surface area contributed by atoms with Crippen LogP contribution in [0, 0.1) is 0 Å². The molecule has 1 nitrogen and oxygen atoms in total. The van der Waals surface area contributed by atoms with E-state index in [9.17, 15) is 5.11 Å². The molecule has 98 valence electrons. The molecule has 0 bridgehead atoms. The maximum absolute atomic E-state index is 10.1. The summed E-state index contributed by atoms with van der Waals surface area (Å²) in [5, 5.41) is 10.1. The van der Waals surface area contributed by atoms with E-state index in [-0.39, 0.29) is 0 Å². The molecule has 2 heteroatoms. The molecule has 0 aliphatic rings. The van der Waals surface area contributed by atoms with Gasteiger partial charge < -0.3 is 5.11 Å². The summed E-state index contributed by atoms with van der Waals surface area (Å²) in [6.45, 7) is 0. The predicted molar refractivity (Wildman–Crippen MR) is 86.7 cm³/mol. The molecule has 0 radical (unpaired) electrons. The van der Waals surface area contributed by atoms with Crippen LogP contribution in [0.2, 0.25) is 0 Å². The van der Waals surface area contributed by atoms with E-state index < -0.39 is 0 Å². The van der Waals surface area contributed by atoms with Crippen molar-refractivity contribution >= 4 is 15.9 Å². The Bertz CT molecular complexity index is 750. The van der Waals surface area contributed by atoms with Crippen LogP contribution in [0.25, 0.3) is 22.3 Å². The summed E-state index contributed by atoms with van der Waals surface area (Å²) in [7, 11) is 0. The summed E-state index contributed by atoms with van der Waals surface area (Å²) < 4.78 is 1.04. The van der Waals surface area contributed by atoms with Crippen LogP contribution in [0.15, 0.2) is 77.3 Å². The van der Waals surface area contributed by atoms with E-state index in [2.05, 4.69) is 34.1 Å². The number of phenols is 1. The first kappa shape index (κ1) is 12.9. The molecule has 0 spiro atoms. The van der Waals surface area contributed by atoms with E-state index in [0.717, 1.165) is 26.7 Å². The van der Waals surface area contributed by atoms with Crippen molar-refractivity contribution in [1.82, 2.24) is 0 Å². The number of phenolic OH excluding ortho intramolecular Hbond substituents is 1. The summed E-state index contributed by atoms with van der Waals surface area (Å²) in [5.74, 6) is 0.301. The van der Waals surface area contributed by atoms with Crippen molar-refractivity contribution in [2.45, 2.75) is 0 Å². The maximum atomic E-state index is 10.1. The monoisotopic (exact) mass is 324 g/mol. The summed E-state index contributed by atoms with van der Waals surface area (Å²) in [6, 6.07) is 23.7. The Morgan fingerprint density at radius 1 is 0.650 bits per heavy atom. The van der Waals surface area contributed by atoms with Crippen LogP contribution in [-0.2, 0) is 0 Å². The lowest BCUT2D eigenvalue weighted by atomic mass is 9.94. The van der Waals surface area contributed by atoms with Crippen LogP contribution >= 0.6 is 15.9 Å². The average molecular weight is 325 g/mol. The summed E-state index contributed by atoms with van der Waals surface area (Å²) in [6.07, 6.45) is 0. The van der Waals surface area contributed by atoms with Crippen molar-refractivity contribution < 1.29 is 5.11 Å². The van der Waals surface area contributed by atoms with Crippen LogP contribution in [0.1, 0.15) is 0 Å². The van der Waals surface area contributed by atoms with E-state index in [1.807, 2.05) is 48.5 Å². The van der Waals surface area contributed by atoms with Gasteiger partial charge in [-0.15, -0.1) is 0 Å². The quantitative estimate of drug-likeness (QED) is 0.661. The third kappa shape index (κ3) is 2.47. The highest BCUT2D eigenvalue weighted by molar-refractivity contribution is 9.10. The lowest BCUT2D eigenvalue weighted by Crippen LogP contribution is -1.85. The zero-order valence-electron chi connectivity index (χ0n) is 10.8. The summed E-state index contributed by atoms with van der Waals surface area (Å²) in [5.41, 5.74) is 4.11. The molecule has 3 rings (SSSR count). The van der Waals surface area contributed by atoms with Gasteiger partial charge in [-0.3, -0.25) is 0 Å². The minimum atomic E-state index is 0.301. The smallest absolute Gasteiger partial charge is 0.123 e. The Morgan fingerprint density at radius 2 is 1.30 bits per heavy atom. The summed E-state index contributed by atoms with van der Waals surface area (Å²) in [4.78, 5) is 0. The van der Waals surface area contributed by atoms with Gasteiger partial charge in [-0.1, -0.05) is 70.5 Å². The number of aromatic hydroxyl groups is 1. The second-order valence-corrected chi connectivity index (χ2v) is 5.49. The molecule has 0 fully saturated rings. The number of hydrogen-bond donors (Lipinski definition) is 1. The molecule has 0 amide bonds. The molecular formula is C18H13BrO. The molecule has 0 unspecified atom stereocenters. The highest BCUT2D eigenvalue weighted by Gasteiger charge is 2.09. The fourth-order valence-electron chi connectivity index (χ4n) is 2.33. The second kappa shape index (κ2) is 5.51. The third-order valence-corrected chi connectivity index (χ3v) is 3.75. The van der Waals surface area contributed by atoms with E-state index in [4.69, 9.17) is 0 Å². The molecular weight excluding hydrogens is 312 g/mol. The Morgan fingerprint density at radius 3 is 2.00 bits per heavy atom. The van der Waals surface area contributed by atoms with Gasteiger partial charge >= 0.3 is 0 Å². The van der Waals surface area contributed by atoms with Crippen molar-refractivity contribution in [1.29, 1.82) is 0 Å². The molecule has 20 heavy (non-hydrogen) atoms. The zero-order chi connectivity index (χ0) is 13.9. The maximum Gasteiger partial charge on any atom is 0.123 e. The largest absolute Gasteiger partial charge is 0.507 e. The molecule has 0 atom stereocenters. The SMILES string of the molecule is Oc1ccccc1-c1ccccc1-c1cccc(Br)c1.